The van der Waals surface area contributed by atoms with Gasteiger partial charge in [-0.05, 0) is 26.2 Å². The molecule has 18 heavy (non-hydrogen) atoms. The molecule has 2 rings (SSSR count). The van der Waals surface area contributed by atoms with Gasteiger partial charge in [-0.25, -0.2) is 0 Å². The van der Waals surface area contributed by atoms with E-state index in [1.807, 2.05) is 19.9 Å². The highest BCUT2D eigenvalue weighted by atomic mass is 16.6. The van der Waals surface area contributed by atoms with Crippen LogP contribution < -0.4 is 0 Å². The van der Waals surface area contributed by atoms with Crippen LogP contribution in [-0.4, -0.2) is 17.9 Å². The summed E-state index contributed by atoms with van der Waals surface area (Å²) in [5, 5.41) is 0. The molecule has 0 N–H and O–H groups in total. The third kappa shape index (κ3) is 2.65. The first-order valence-corrected chi connectivity index (χ1v) is 6.88. The Bertz CT molecular complexity index is 383. The van der Waals surface area contributed by atoms with Crippen molar-refractivity contribution in [3.63, 3.8) is 0 Å². The van der Waals surface area contributed by atoms with Gasteiger partial charge in [0, 0.05) is 18.3 Å². The van der Waals surface area contributed by atoms with Gasteiger partial charge in [0.25, 0.3) is 0 Å². The molecule has 100 valence electrons. The second kappa shape index (κ2) is 5.25. The SMILES string of the molecule is C/C1=C\CC(=O)[C@@H](C)C[C@H]2OC(=O)[C@H](C)[C@H]2CC1. The molecule has 0 aromatic carbocycles. The number of allylic oxidation sites excluding steroid dienone is 2. The molecule has 0 radical (unpaired) electrons. The standard InChI is InChI=1S/C15H22O3/c1-9-4-6-12-11(3)15(17)18-14(12)8-10(2)13(16)7-5-9/h5,10-12,14H,4,6-8H2,1-3H3/b9-5+/t10-,11+,12+,14+/m0/s1. The van der Waals surface area contributed by atoms with Gasteiger partial charge in [0.2, 0.25) is 0 Å². The van der Waals surface area contributed by atoms with Crippen LogP contribution in [0.15, 0.2) is 11.6 Å². The fourth-order valence-electron chi connectivity index (χ4n) is 2.95. The van der Waals surface area contributed by atoms with E-state index in [1.165, 1.54) is 5.57 Å². The summed E-state index contributed by atoms with van der Waals surface area (Å²) in [5.41, 5.74) is 1.25. The fourth-order valence-corrected chi connectivity index (χ4v) is 2.95. The largest absolute Gasteiger partial charge is 0.462 e. The van der Waals surface area contributed by atoms with E-state index in [-0.39, 0.29) is 35.6 Å². The molecule has 0 aromatic heterocycles. The highest BCUT2D eigenvalue weighted by Gasteiger charge is 2.42. The molecule has 3 nitrogen and oxygen atoms in total. The maximum Gasteiger partial charge on any atom is 0.309 e. The number of ether oxygens (including phenoxy) is 1. The number of ketones is 1. The van der Waals surface area contributed by atoms with Gasteiger partial charge in [-0.2, -0.15) is 0 Å². The van der Waals surface area contributed by atoms with E-state index in [0.29, 0.717) is 12.8 Å². The number of rotatable bonds is 0. The van der Waals surface area contributed by atoms with Crippen molar-refractivity contribution < 1.29 is 14.3 Å². The topological polar surface area (TPSA) is 43.4 Å². The van der Waals surface area contributed by atoms with Crippen molar-refractivity contribution in [2.75, 3.05) is 0 Å². The minimum absolute atomic E-state index is 0.0160. The highest BCUT2D eigenvalue weighted by molar-refractivity contribution is 5.82. The first-order chi connectivity index (χ1) is 8.49. The Kier molecular flexibility index (Phi) is 3.88. The molecule has 0 amide bonds. The zero-order valence-corrected chi connectivity index (χ0v) is 11.4. The summed E-state index contributed by atoms with van der Waals surface area (Å²) in [6.45, 7) is 5.96. The van der Waals surface area contributed by atoms with Gasteiger partial charge in [0.15, 0.2) is 0 Å². The predicted molar refractivity (Wildman–Crippen MR) is 68.9 cm³/mol. The van der Waals surface area contributed by atoms with Crippen LogP contribution in [0.5, 0.6) is 0 Å². The van der Waals surface area contributed by atoms with E-state index in [9.17, 15) is 9.59 Å². The summed E-state index contributed by atoms with van der Waals surface area (Å²) in [5.74, 6) is 0.396. The number of carbonyl (C=O) groups is 2. The minimum Gasteiger partial charge on any atom is -0.462 e. The van der Waals surface area contributed by atoms with E-state index < -0.39 is 0 Å². The monoisotopic (exact) mass is 250 g/mol. The summed E-state index contributed by atoms with van der Waals surface area (Å²) in [4.78, 5) is 23.6. The second-order valence-corrected chi connectivity index (χ2v) is 5.82. The quantitative estimate of drug-likeness (QED) is 0.490. The van der Waals surface area contributed by atoms with Crippen LogP contribution >= 0.6 is 0 Å². The smallest absolute Gasteiger partial charge is 0.309 e. The molecule has 4 atom stereocenters. The van der Waals surface area contributed by atoms with Crippen molar-refractivity contribution in [2.24, 2.45) is 17.8 Å². The minimum atomic E-state index is -0.0921. The Balaban J connectivity index is 2.19. The summed E-state index contributed by atoms with van der Waals surface area (Å²) in [6.07, 6.45) is 5.14. The van der Waals surface area contributed by atoms with Crippen LogP contribution in [-0.2, 0) is 14.3 Å². The third-order valence-corrected chi connectivity index (χ3v) is 4.42. The summed E-state index contributed by atoms with van der Waals surface area (Å²) in [7, 11) is 0. The Hall–Kier alpha value is -1.12. The average molecular weight is 250 g/mol. The Morgan fingerprint density at radius 1 is 1.28 bits per heavy atom. The lowest BCUT2D eigenvalue weighted by Gasteiger charge is -2.23. The molecule has 0 unspecified atom stereocenters. The lowest BCUT2D eigenvalue weighted by atomic mass is 9.81. The lowest BCUT2D eigenvalue weighted by Crippen LogP contribution is -2.25. The van der Waals surface area contributed by atoms with E-state index in [1.54, 1.807) is 0 Å². The molecule has 0 saturated carbocycles. The molecule has 1 heterocycles. The highest BCUT2D eigenvalue weighted by Crippen LogP contribution is 2.36. The molecular weight excluding hydrogens is 228 g/mol. The number of fused-ring (bicyclic) bond motifs is 1. The van der Waals surface area contributed by atoms with Gasteiger partial charge in [-0.1, -0.05) is 25.5 Å². The maximum absolute atomic E-state index is 11.9. The van der Waals surface area contributed by atoms with Crippen LogP contribution in [0.25, 0.3) is 0 Å². The molecule has 0 aromatic rings. The number of hydrogen-bond acceptors (Lipinski definition) is 3. The summed E-state index contributed by atoms with van der Waals surface area (Å²) >= 11 is 0. The zero-order valence-electron chi connectivity index (χ0n) is 11.4. The van der Waals surface area contributed by atoms with Crippen molar-refractivity contribution in [1.82, 2.24) is 0 Å². The Labute approximate surface area is 109 Å². The number of carbonyl (C=O) groups excluding carboxylic acids is 2. The van der Waals surface area contributed by atoms with E-state index in [2.05, 4.69) is 6.92 Å². The molecule has 2 aliphatic rings. The molecule has 1 aliphatic heterocycles. The van der Waals surface area contributed by atoms with Crippen molar-refractivity contribution in [3.8, 4) is 0 Å². The van der Waals surface area contributed by atoms with Crippen molar-refractivity contribution >= 4 is 11.8 Å². The van der Waals surface area contributed by atoms with E-state index in [0.717, 1.165) is 12.8 Å². The van der Waals surface area contributed by atoms with Crippen LogP contribution in [0, 0.1) is 17.8 Å². The number of Topliss-reactive ketones (excluding diaryl/α,β-unsaturated/α-hetero) is 1. The molecule has 0 spiro atoms. The van der Waals surface area contributed by atoms with Gasteiger partial charge >= 0.3 is 5.97 Å². The molecule has 1 fully saturated rings. The molecule has 3 heteroatoms. The lowest BCUT2D eigenvalue weighted by molar-refractivity contribution is -0.145. The average Bonchev–Trinajstić information content (AvgIpc) is 2.59. The van der Waals surface area contributed by atoms with Gasteiger partial charge in [0.05, 0.1) is 5.92 Å². The van der Waals surface area contributed by atoms with Crippen LogP contribution in [0.4, 0.5) is 0 Å². The molecule has 0 bridgehead atoms. The van der Waals surface area contributed by atoms with Crippen molar-refractivity contribution in [1.29, 1.82) is 0 Å². The summed E-state index contributed by atoms with van der Waals surface area (Å²) in [6, 6.07) is 0. The van der Waals surface area contributed by atoms with Crippen molar-refractivity contribution in [2.45, 2.75) is 52.6 Å². The molecular formula is C15H22O3. The van der Waals surface area contributed by atoms with E-state index in [4.69, 9.17) is 4.74 Å². The van der Waals surface area contributed by atoms with Crippen molar-refractivity contribution in [3.05, 3.63) is 11.6 Å². The zero-order chi connectivity index (χ0) is 13.3. The van der Waals surface area contributed by atoms with Crippen LogP contribution in [0.3, 0.4) is 0 Å². The van der Waals surface area contributed by atoms with Gasteiger partial charge in [-0.3, -0.25) is 9.59 Å². The maximum atomic E-state index is 11.9. The van der Waals surface area contributed by atoms with E-state index >= 15 is 0 Å². The van der Waals surface area contributed by atoms with Gasteiger partial charge in [0.1, 0.15) is 11.9 Å². The van der Waals surface area contributed by atoms with Gasteiger partial charge in [-0.15, -0.1) is 0 Å². The first kappa shape index (κ1) is 13.3. The molecule has 1 aliphatic carbocycles. The van der Waals surface area contributed by atoms with Gasteiger partial charge < -0.3 is 4.74 Å². The Morgan fingerprint density at radius 3 is 2.72 bits per heavy atom. The normalized spacial score (nSPS) is 40.7. The second-order valence-electron chi connectivity index (χ2n) is 5.82. The summed E-state index contributed by atoms with van der Waals surface area (Å²) < 4.78 is 5.45. The first-order valence-electron chi connectivity index (χ1n) is 6.88. The molecule has 1 saturated heterocycles. The predicted octanol–water partition coefficient (Wildman–Crippen LogP) is 2.89. The third-order valence-electron chi connectivity index (χ3n) is 4.42. The van der Waals surface area contributed by atoms with Crippen LogP contribution in [0.1, 0.15) is 46.5 Å². The number of hydrogen-bond donors (Lipinski definition) is 0. The number of esters is 1. The van der Waals surface area contributed by atoms with Crippen LogP contribution in [0.2, 0.25) is 0 Å². The fraction of sp³-hybridized carbons (Fsp3) is 0.733. The Morgan fingerprint density at radius 2 is 2.00 bits per heavy atom.